The monoisotopic (exact) mass is 724 g/mol. The molecule has 1 atom stereocenters. The number of piperidine rings is 1. The number of aromatic nitrogens is 1. The summed E-state index contributed by atoms with van der Waals surface area (Å²) in [6.07, 6.45) is 18.0. The van der Waals surface area contributed by atoms with Gasteiger partial charge in [-0.15, -0.1) is 13.1 Å². The zero-order chi connectivity index (χ0) is 33.4. The Kier molecular flexibility index (Phi) is 17.5. The second-order valence-electron chi connectivity index (χ2n) is 11.6. The van der Waals surface area contributed by atoms with Gasteiger partial charge in [-0.25, -0.2) is 0 Å². The summed E-state index contributed by atoms with van der Waals surface area (Å²) >= 11 is 14.0. The summed E-state index contributed by atoms with van der Waals surface area (Å²) in [5.74, 6) is 0. The van der Waals surface area contributed by atoms with Crippen molar-refractivity contribution in [1.82, 2.24) is 20.5 Å². The summed E-state index contributed by atoms with van der Waals surface area (Å²) in [6.45, 7) is 8.05. The zero-order valence-corrected chi connectivity index (χ0v) is 30.4. The Hall–Kier alpha value is -2.90. The predicted octanol–water partition coefficient (Wildman–Crippen LogP) is 6.35. The average molecular weight is 726 g/mol. The van der Waals surface area contributed by atoms with Gasteiger partial charge in [0.1, 0.15) is 0 Å². The molecule has 1 saturated heterocycles. The van der Waals surface area contributed by atoms with Crippen LogP contribution in [0.4, 0.5) is 0 Å². The van der Waals surface area contributed by atoms with E-state index in [0.29, 0.717) is 39.4 Å². The summed E-state index contributed by atoms with van der Waals surface area (Å²) in [4.78, 5) is 11.3. The van der Waals surface area contributed by atoms with Crippen LogP contribution in [0.3, 0.4) is 0 Å². The molecule has 10 heteroatoms. The topological polar surface area (TPSA) is 100 Å². The Balaban J connectivity index is 0.00000625. The molecule has 1 unspecified atom stereocenters. The largest absolute Gasteiger partial charge is 2.00 e. The van der Waals surface area contributed by atoms with E-state index in [9.17, 15) is 5.11 Å². The van der Waals surface area contributed by atoms with Crippen molar-refractivity contribution in [2.24, 2.45) is 10.7 Å². The van der Waals surface area contributed by atoms with Crippen LogP contribution in [0.2, 0.25) is 10.0 Å². The number of likely N-dealkylation sites (N-methyl/N-ethyl adjacent to an activating group) is 1. The Morgan fingerprint density at radius 2 is 1.81 bits per heavy atom. The Bertz CT molecular complexity index is 1630. The minimum absolute atomic E-state index is 0. The molecule has 3 aromatic rings. The van der Waals surface area contributed by atoms with Crippen LogP contribution >= 0.6 is 23.2 Å². The van der Waals surface area contributed by atoms with Gasteiger partial charge in [-0.3, -0.25) is 6.20 Å². The molecule has 0 amide bonds. The summed E-state index contributed by atoms with van der Waals surface area (Å²) in [5, 5.41) is 17.7. The van der Waals surface area contributed by atoms with Crippen LogP contribution in [-0.2, 0) is 17.4 Å². The average Bonchev–Trinajstić information content (AvgIpc) is 3.10. The van der Waals surface area contributed by atoms with Gasteiger partial charge in [0, 0.05) is 47.1 Å². The Morgan fingerprint density at radius 3 is 2.54 bits per heavy atom. The summed E-state index contributed by atoms with van der Waals surface area (Å²) in [7, 11) is 1.95. The van der Waals surface area contributed by atoms with E-state index in [1.165, 1.54) is 19.3 Å². The fourth-order valence-corrected chi connectivity index (χ4v) is 6.19. The van der Waals surface area contributed by atoms with Gasteiger partial charge in [0.15, 0.2) is 0 Å². The van der Waals surface area contributed by atoms with Gasteiger partial charge in [0.2, 0.25) is 0 Å². The van der Waals surface area contributed by atoms with E-state index < -0.39 is 0 Å². The zero-order valence-electron chi connectivity index (χ0n) is 27.6. The van der Waals surface area contributed by atoms with E-state index in [4.69, 9.17) is 28.9 Å². The Labute approximate surface area is 306 Å². The van der Waals surface area contributed by atoms with Crippen LogP contribution in [-0.4, -0.2) is 62.4 Å². The van der Waals surface area contributed by atoms with Gasteiger partial charge in [-0.05, 0) is 63.0 Å². The van der Waals surface area contributed by atoms with Crippen molar-refractivity contribution < 1.29 is 22.5 Å². The molecule has 5 N–H and O–H groups in total. The number of nitrogens with two attached hydrogens (primary N) is 1. The number of aliphatic hydroxyl groups is 1. The number of benzene rings is 2. The van der Waals surface area contributed by atoms with Crippen molar-refractivity contribution in [3.63, 3.8) is 0 Å². The fourth-order valence-electron chi connectivity index (χ4n) is 5.52. The van der Waals surface area contributed by atoms with Crippen LogP contribution in [0.1, 0.15) is 37.7 Å². The number of likely N-dealkylation sites (tertiary alicyclic amines) is 1. The molecule has 2 heterocycles. The van der Waals surface area contributed by atoms with E-state index in [2.05, 4.69) is 38.2 Å². The van der Waals surface area contributed by atoms with Crippen LogP contribution in [0, 0.1) is 6.08 Å². The first kappa shape index (κ1) is 39.5. The molecule has 0 radical (unpaired) electrons. The molecule has 2 aromatic carbocycles. The van der Waals surface area contributed by atoms with E-state index in [-0.39, 0.29) is 24.0 Å². The van der Waals surface area contributed by atoms with Crippen LogP contribution < -0.4 is 26.8 Å². The van der Waals surface area contributed by atoms with Crippen molar-refractivity contribution in [1.29, 1.82) is 0 Å². The van der Waals surface area contributed by atoms with Crippen molar-refractivity contribution >= 4 is 28.9 Å². The van der Waals surface area contributed by atoms with Crippen LogP contribution in [0.5, 0.6) is 0 Å². The number of pyridine rings is 1. The SMILES string of the molecule is C=CCCC(CNC/C(=C/C=C(\N)c1cccc(-c2cccc(-c3cc[n-]c(=NC=[C-]CN4CCCCC4)c3)c2Cl)c1Cl)CO)NC.[Cr+2]. The third kappa shape index (κ3) is 11.6. The number of nitrogens with zero attached hydrogens (tertiary/aromatic N) is 3. The van der Waals surface area contributed by atoms with Gasteiger partial charge in [-0.1, -0.05) is 102 Å². The summed E-state index contributed by atoms with van der Waals surface area (Å²) in [6, 6.07) is 15.8. The maximum Gasteiger partial charge on any atom is 2.00 e. The van der Waals surface area contributed by atoms with E-state index in [0.717, 1.165) is 66.8 Å². The first-order valence-electron chi connectivity index (χ1n) is 16.2. The second kappa shape index (κ2) is 21.2. The van der Waals surface area contributed by atoms with E-state index >= 15 is 0 Å². The van der Waals surface area contributed by atoms with Crippen molar-refractivity contribution in [3.8, 4) is 22.3 Å². The number of rotatable bonds is 16. The molecular weight excluding hydrogens is 679 g/mol. The molecule has 7 nitrogen and oxygen atoms in total. The number of aliphatic hydroxyl groups excluding tert-OH is 1. The van der Waals surface area contributed by atoms with Gasteiger partial charge in [-0.2, -0.15) is 0 Å². The number of hydrogen-bond acceptors (Lipinski definition) is 6. The van der Waals surface area contributed by atoms with Crippen molar-refractivity contribution in [2.75, 3.05) is 46.4 Å². The molecule has 48 heavy (non-hydrogen) atoms. The van der Waals surface area contributed by atoms with Gasteiger partial charge in [0.25, 0.3) is 0 Å². The van der Waals surface area contributed by atoms with E-state index in [1.54, 1.807) is 18.5 Å². The third-order valence-electron chi connectivity index (χ3n) is 8.28. The molecule has 0 saturated carbocycles. The molecule has 1 fully saturated rings. The molecule has 1 aliphatic heterocycles. The number of allylic oxidation sites excluding steroid dienone is 3. The standard InChI is InChI=1S/C38H46Cl2N6O.Cr/c1-3-4-11-30(42-2)26-43-25-28(27-47)16-17-35(41)34-15-9-14-33(38(34)40)32-13-8-12-31(37(32)39)29-18-20-45-36(24-29)44-19-10-23-46-21-6-5-7-22-46;/h3,8-9,12-20,24,30,42-43,47H,1,4-7,11,21-23,25-27,41H2,2H3;/q-2;+2/b28-16-,35-17-;. The molecule has 4 rings (SSSR count). The summed E-state index contributed by atoms with van der Waals surface area (Å²) < 4.78 is 0. The first-order chi connectivity index (χ1) is 22.9. The minimum Gasteiger partial charge on any atom is -0.486 e. The second-order valence-corrected chi connectivity index (χ2v) is 12.4. The molecule has 1 aliphatic rings. The Morgan fingerprint density at radius 1 is 1.08 bits per heavy atom. The molecule has 254 valence electrons. The molecule has 1 aromatic heterocycles. The molecule has 0 aliphatic carbocycles. The minimum atomic E-state index is -0.0824. The van der Waals surface area contributed by atoms with Crippen molar-refractivity contribution in [3.05, 3.63) is 118 Å². The van der Waals surface area contributed by atoms with Gasteiger partial charge in [0.05, 0.1) is 16.7 Å². The number of hydrogen-bond donors (Lipinski definition) is 4. The maximum absolute atomic E-state index is 9.93. The number of halogens is 2. The third-order valence-corrected chi connectivity index (χ3v) is 9.09. The van der Waals surface area contributed by atoms with Crippen LogP contribution in [0.15, 0.2) is 96.3 Å². The van der Waals surface area contributed by atoms with Crippen LogP contribution in [0.25, 0.3) is 28.0 Å². The molecule has 0 spiro atoms. The fraction of sp³-hybridized carbons (Fsp3) is 0.342. The van der Waals surface area contributed by atoms with Gasteiger partial charge < -0.3 is 42.4 Å². The predicted molar refractivity (Wildman–Crippen MR) is 197 cm³/mol. The maximum atomic E-state index is 9.93. The summed E-state index contributed by atoms with van der Waals surface area (Å²) in [5.41, 5.74) is 12.4. The quantitative estimate of drug-likeness (QED) is 0.0782. The van der Waals surface area contributed by atoms with E-state index in [1.807, 2.05) is 67.7 Å². The molecule has 0 bridgehead atoms. The molecular formula is C38H46Cl2CrN6O. The number of nitrogens with one attached hydrogen (secondary N) is 2. The van der Waals surface area contributed by atoms with Gasteiger partial charge >= 0.3 is 17.4 Å². The normalized spacial score (nSPS) is 15.5. The van der Waals surface area contributed by atoms with Crippen molar-refractivity contribution in [2.45, 2.75) is 38.1 Å². The smallest absolute Gasteiger partial charge is 0.486 e. The first-order valence-corrected chi connectivity index (χ1v) is 17.0.